The molecule has 0 unspecified atom stereocenters. The Labute approximate surface area is 99.4 Å². The third-order valence-corrected chi connectivity index (χ3v) is 2.65. The van der Waals surface area contributed by atoms with Crippen LogP contribution in [0.1, 0.15) is 11.4 Å². The number of benzene rings is 1. The van der Waals surface area contributed by atoms with Gasteiger partial charge in [0.15, 0.2) is 0 Å². The third kappa shape index (κ3) is 1.91. The molecule has 0 fully saturated rings. The number of aromatic amines is 1. The van der Waals surface area contributed by atoms with Crippen molar-refractivity contribution < 1.29 is 4.74 Å². The lowest BCUT2D eigenvalue weighted by Gasteiger charge is -2.10. The van der Waals surface area contributed by atoms with E-state index in [1.54, 1.807) is 13.3 Å². The molecule has 84 valence electrons. The average molecular weight is 237 g/mol. The predicted octanol–water partition coefficient (Wildman–Crippen LogP) is 3.36. The molecule has 3 nitrogen and oxygen atoms in total. The lowest BCUT2D eigenvalue weighted by molar-refractivity contribution is 0.413. The monoisotopic (exact) mass is 236 g/mol. The number of imidazole rings is 1. The summed E-state index contributed by atoms with van der Waals surface area (Å²) >= 11 is 6.05. The molecule has 0 aliphatic rings. The number of H-pyrrole nitrogens is 1. The minimum absolute atomic E-state index is 0.695. The van der Waals surface area contributed by atoms with Crippen molar-refractivity contribution in [3.8, 4) is 17.0 Å². The molecule has 1 heterocycles. The SMILES string of the molecule is COc1c(C)cc(Cl)cc1-c1cnc(C)[nH]1. The van der Waals surface area contributed by atoms with Crippen LogP contribution in [0.4, 0.5) is 0 Å². The van der Waals surface area contributed by atoms with Gasteiger partial charge in [-0.05, 0) is 31.5 Å². The van der Waals surface area contributed by atoms with E-state index in [2.05, 4.69) is 9.97 Å². The highest BCUT2D eigenvalue weighted by Gasteiger charge is 2.11. The van der Waals surface area contributed by atoms with Crippen molar-refractivity contribution in [2.24, 2.45) is 0 Å². The Kier molecular flexibility index (Phi) is 2.88. The van der Waals surface area contributed by atoms with E-state index in [-0.39, 0.29) is 0 Å². The largest absolute Gasteiger partial charge is 0.496 e. The van der Waals surface area contributed by atoms with Crippen LogP contribution in [-0.2, 0) is 0 Å². The van der Waals surface area contributed by atoms with E-state index in [0.29, 0.717) is 5.02 Å². The smallest absolute Gasteiger partial charge is 0.131 e. The summed E-state index contributed by atoms with van der Waals surface area (Å²) in [5, 5.41) is 0.695. The zero-order chi connectivity index (χ0) is 11.7. The maximum Gasteiger partial charge on any atom is 0.131 e. The number of nitrogens with one attached hydrogen (secondary N) is 1. The van der Waals surface area contributed by atoms with Gasteiger partial charge in [-0.2, -0.15) is 0 Å². The first-order valence-electron chi connectivity index (χ1n) is 4.98. The first-order valence-corrected chi connectivity index (χ1v) is 5.35. The second-order valence-electron chi connectivity index (χ2n) is 3.69. The summed E-state index contributed by atoms with van der Waals surface area (Å²) in [6, 6.07) is 3.76. The number of methoxy groups -OCH3 is 1. The minimum atomic E-state index is 0.695. The number of nitrogens with zero attached hydrogens (tertiary/aromatic N) is 1. The molecule has 1 N–H and O–H groups in total. The Morgan fingerprint density at radius 2 is 2.06 bits per heavy atom. The van der Waals surface area contributed by atoms with Gasteiger partial charge in [-0.15, -0.1) is 0 Å². The van der Waals surface area contributed by atoms with Gasteiger partial charge >= 0.3 is 0 Å². The molecule has 0 amide bonds. The van der Waals surface area contributed by atoms with E-state index in [1.165, 1.54) is 0 Å². The van der Waals surface area contributed by atoms with E-state index in [0.717, 1.165) is 28.4 Å². The van der Waals surface area contributed by atoms with Crippen LogP contribution in [-0.4, -0.2) is 17.1 Å². The van der Waals surface area contributed by atoms with Crippen molar-refractivity contribution in [2.45, 2.75) is 13.8 Å². The number of hydrogen-bond donors (Lipinski definition) is 1. The molecule has 0 saturated heterocycles. The van der Waals surface area contributed by atoms with Crippen LogP contribution in [0.5, 0.6) is 5.75 Å². The summed E-state index contributed by atoms with van der Waals surface area (Å²) < 4.78 is 5.39. The summed E-state index contributed by atoms with van der Waals surface area (Å²) in [5.74, 6) is 1.70. The maximum absolute atomic E-state index is 6.05. The number of rotatable bonds is 2. The molecule has 2 aromatic rings. The Hall–Kier alpha value is -1.48. The van der Waals surface area contributed by atoms with Crippen molar-refractivity contribution in [1.29, 1.82) is 0 Å². The quantitative estimate of drug-likeness (QED) is 0.868. The van der Waals surface area contributed by atoms with Gasteiger partial charge in [0.05, 0.1) is 19.0 Å². The van der Waals surface area contributed by atoms with Gasteiger partial charge in [0.25, 0.3) is 0 Å². The summed E-state index contributed by atoms with van der Waals surface area (Å²) in [6.07, 6.45) is 1.78. The molecular weight excluding hydrogens is 224 g/mol. The van der Waals surface area contributed by atoms with Gasteiger partial charge in [0.2, 0.25) is 0 Å². The predicted molar refractivity (Wildman–Crippen MR) is 65.1 cm³/mol. The first-order chi connectivity index (χ1) is 7.61. The first kappa shape index (κ1) is 11.0. The number of aromatic nitrogens is 2. The second kappa shape index (κ2) is 4.18. The number of halogens is 1. The van der Waals surface area contributed by atoms with Crippen molar-refractivity contribution in [3.63, 3.8) is 0 Å². The standard InChI is InChI=1S/C12H13ClN2O/c1-7-4-9(13)5-10(12(7)16-3)11-6-14-8(2)15-11/h4-6H,1-3H3,(H,14,15). The second-order valence-corrected chi connectivity index (χ2v) is 4.12. The fourth-order valence-corrected chi connectivity index (χ4v) is 2.03. The van der Waals surface area contributed by atoms with E-state index < -0.39 is 0 Å². The molecule has 0 saturated carbocycles. The Morgan fingerprint density at radius 3 is 2.62 bits per heavy atom. The van der Waals surface area contributed by atoms with Crippen LogP contribution >= 0.6 is 11.6 Å². The van der Waals surface area contributed by atoms with Crippen LogP contribution in [0.25, 0.3) is 11.3 Å². The van der Waals surface area contributed by atoms with Gasteiger partial charge in [-0.1, -0.05) is 11.6 Å². The lowest BCUT2D eigenvalue weighted by atomic mass is 10.1. The summed E-state index contributed by atoms with van der Waals surface area (Å²) in [5.41, 5.74) is 2.87. The normalized spacial score (nSPS) is 10.5. The van der Waals surface area contributed by atoms with Crippen molar-refractivity contribution in [2.75, 3.05) is 7.11 Å². The highest BCUT2D eigenvalue weighted by molar-refractivity contribution is 6.31. The highest BCUT2D eigenvalue weighted by Crippen LogP contribution is 2.34. The van der Waals surface area contributed by atoms with Crippen molar-refractivity contribution >= 4 is 11.6 Å². The molecule has 0 radical (unpaired) electrons. The molecule has 1 aromatic carbocycles. The van der Waals surface area contributed by atoms with Crippen molar-refractivity contribution in [1.82, 2.24) is 9.97 Å². The highest BCUT2D eigenvalue weighted by atomic mass is 35.5. The van der Waals surface area contributed by atoms with Crippen LogP contribution in [0.2, 0.25) is 5.02 Å². The van der Waals surface area contributed by atoms with Gasteiger partial charge in [-0.3, -0.25) is 0 Å². The molecule has 0 spiro atoms. The molecule has 0 aliphatic carbocycles. The lowest BCUT2D eigenvalue weighted by Crippen LogP contribution is -1.92. The summed E-state index contributed by atoms with van der Waals surface area (Å²) in [7, 11) is 1.66. The average Bonchev–Trinajstić information content (AvgIpc) is 2.63. The summed E-state index contributed by atoms with van der Waals surface area (Å²) in [6.45, 7) is 3.88. The molecule has 0 atom stereocenters. The minimum Gasteiger partial charge on any atom is -0.496 e. The molecule has 0 aliphatic heterocycles. The number of aryl methyl sites for hydroxylation is 2. The maximum atomic E-state index is 6.05. The molecule has 1 aromatic heterocycles. The third-order valence-electron chi connectivity index (χ3n) is 2.44. The fraction of sp³-hybridized carbons (Fsp3) is 0.250. The van der Waals surface area contributed by atoms with Gasteiger partial charge in [0, 0.05) is 10.6 Å². The van der Waals surface area contributed by atoms with Crippen LogP contribution in [0, 0.1) is 13.8 Å². The zero-order valence-electron chi connectivity index (χ0n) is 9.47. The molecular formula is C12H13ClN2O. The van der Waals surface area contributed by atoms with E-state index in [1.807, 2.05) is 26.0 Å². The topological polar surface area (TPSA) is 37.9 Å². The number of hydrogen-bond acceptors (Lipinski definition) is 2. The van der Waals surface area contributed by atoms with Crippen molar-refractivity contribution in [3.05, 3.63) is 34.7 Å². The fourth-order valence-electron chi connectivity index (χ4n) is 1.76. The van der Waals surface area contributed by atoms with E-state index in [4.69, 9.17) is 16.3 Å². The zero-order valence-corrected chi connectivity index (χ0v) is 10.2. The van der Waals surface area contributed by atoms with Crippen LogP contribution < -0.4 is 4.74 Å². The van der Waals surface area contributed by atoms with Gasteiger partial charge in [-0.25, -0.2) is 4.98 Å². The van der Waals surface area contributed by atoms with E-state index in [9.17, 15) is 0 Å². The number of ether oxygens (including phenoxy) is 1. The van der Waals surface area contributed by atoms with Crippen LogP contribution in [0.3, 0.4) is 0 Å². The Bertz CT molecular complexity index is 520. The van der Waals surface area contributed by atoms with Crippen LogP contribution in [0.15, 0.2) is 18.3 Å². The van der Waals surface area contributed by atoms with Gasteiger partial charge < -0.3 is 9.72 Å². The molecule has 16 heavy (non-hydrogen) atoms. The molecule has 2 rings (SSSR count). The Morgan fingerprint density at radius 1 is 1.31 bits per heavy atom. The Balaban J connectivity index is 2.63. The molecule has 4 heteroatoms. The van der Waals surface area contributed by atoms with Gasteiger partial charge in [0.1, 0.15) is 11.6 Å². The molecule has 0 bridgehead atoms. The van der Waals surface area contributed by atoms with E-state index >= 15 is 0 Å². The summed E-state index contributed by atoms with van der Waals surface area (Å²) in [4.78, 5) is 7.35.